The van der Waals surface area contributed by atoms with E-state index >= 15 is 0 Å². The van der Waals surface area contributed by atoms with Gasteiger partial charge in [0.15, 0.2) is 5.69 Å². The molecular weight excluding hydrogens is 214 g/mol. The molecule has 1 aromatic carbocycles. The first kappa shape index (κ1) is 11.6. The average Bonchev–Trinajstić information content (AvgIpc) is 2.67. The molecule has 1 amide bonds. The molecule has 1 unspecified atom stereocenters. The lowest BCUT2D eigenvalue weighted by Gasteiger charge is -2.09. The van der Waals surface area contributed by atoms with Crippen LogP contribution in [-0.2, 0) is 7.05 Å². The maximum atomic E-state index is 12.1. The molecule has 2 rings (SSSR count). The van der Waals surface area contributed by atoms with Gasteiger partial charge in [0, 0.05) is 18.5 Å². The molecule has 0 aliphatic rings. The number of amides is 1. The molecule has 0 saturated carbocycles. The minimum atomic E-state index is -0.101. The number of benzene rings is 1. The molecule has 0 radical (unpaired) electrons. The Kier molecular flexibility index (Phi) is 3.13. The second-order valence-corrected chi connectivity index (χ2v) is 4.27. The lowest BCUT2D eigenvalue weighted by atomic mass is 10.2. The van der Waals surface area contributed by atoms with Gasteiger partial charge in [-0.1, -0.05) is 25.1 Å². The number of aryl methyl sites for hydroxylation is 1. The Morgan fingerprint density at radius 2 is 2.18 bits per heavy atom. The van der Waals surface area contributed by atoms with E-state index in [1.165, 1.54) is 0 Å². The molecule has 0 fully saturated rings. The van der Waals surface area contributed by atoms with E-state index in [0.717, 1.165) is 17.3 Å². The van der Waals surface area contributed by atoms with Gasteiger partial charge in [0.2, 0.25) is 0 Å². The van der Waals surface area contributed by atoms with E-state index in [9.17, 15) is 4.79 Å². The van der Waals surface area contributed by atoms with Gasteiger partial charge < -0.3 is 5.32 Å². The number of nitrogens with one attached hydrogen (secondary N) is 1. The summed E-state index contributed by atoms with van der Waals surface area (Å²) in [6.07, 6.45) is 0.913. The lowest BCUT2D eigenvalue weighted by Crippen LogP contribution is -2.32. The predicted molar refractivity (Wildman–Crippen MR) is 67.9 cm³/mol. The van der Waals surface area contributed by atoms with Crippen LogP contribution in [0.15, 0.2) is 24.3 Å². The van der Waals surface area contributed by atoms with Crippen LogP contribution >= 0.6 is 0 Å². The Labute approximate surface area is 101 Å². The Morgan fingerprint density at radius 1 is 1.47 bits per heavy atom. The summed E-state index contributed by atoms with van der Waals surface area (Å²) < 4.78 is 1.74. The second-order valence-electron chi connectivity index (χ2n) is 4.27. The van der Waals surface area contributed by atoms with Crippen LogP contribution < -0.4 is 5.32 Å². The van der Waals surface area contributed by atoms with E-state index in [2.05, 4.69) is 10.4 Å². The zero-order valence-corrected chi connectivity index (χ0v) is 10.4. The number of rotatable bonds is 3. The highest BCUT2D eigenvalue weighted by Gasteiger charge is 2.16. The summed E-state index contributed by atoms with van der Waals surface area (Å²) in [6, 6.07) is 7.92. The van der Waals surface area contributed by atoms with Crippen molar-refractivity contribution in [3.63, 3.8) is 0 Å². The van der Waals surface area contributed by atoms with Crippen LogP contribution in [0.3, 0.4) is 0 Å². The van der Waals surface area contributed by atoms with E-state index in [4.69, 9.17) is 0 Å². The summed E-state index contributed by atoms with van der Waals surface area (Å²) in [5, 5.41) is 8.12. The number of aromatic nitrogens is 2. The molecule has 17 heavy (non-hydrogen) atoms. The van der Waals surface area contributed by atoms with E-state index in [1.807, 2.05) is 45.2 Å². The van der Waals surface area contributed by atoms with E-state index in [1.54, 1.807) is 4.68 Å². The van der Waals surface area contributed by atoms with Crippen LogP contribution in [0.5, 0.6) is 0 Å². The van der Waals surface area contributed by atoms with Crippen molar-refractivity contribution in [2.24, 2.45) is 7.05 Å². The van der Waals surface area contributed by atoms with Crippen molar-refractivity contribution in [2.45, 2.75) is 26.3 Å². The Balaban J connectivity index is 2.39. The zero-order valence-electron chi connectivity index (χ0n) is 10.4. The van der Waals surface area contributed by atoms with Gasteiger partial charge in [0.1, 0.15) is 0 Å². The summed E-state index contributed by atoms with van der Waals surface area (Å²) in [4.78, 5) is 12.1. The van der Waals surface area contributed by atoms with Crippen LogP contribution in [0.4, 0.5) is 0 Å². The molecule has 1 aromatic heterocycles. The van der Waals surface area contributed by atoms with E-state index in [0.29, 0.717) is 5.69 Å². The van der Waals surface area contributed by atoms with Crippen LogP contribution in [0.2, 0.25) is 0 Å². The van der Waals surface area contributed by atoms with Gasteiger partial charge in [0.25, 0.3) is 5.91 Å². The molecule has 0 aliphatic carbocycles. The van der Waals surface area contributed by atoms with Gasteiger partial charge >= 0.3 is 0 Å². The number of carbonyl (C=O) groups excluding carboxylic acids is 1. The highest BCUT2D eigenvalue weighted by Crippen LogP contribution is 2.17. The molecule has 1 N–H and O–H groups in total. The molecule has 2 aromatic rings. The first-order valence-electron chi connectivity index (χ1n) is 5.86. The molecular formula is C13H17N3O. The summed E-state index contributed by atoms with van der Waals surface area (Å²) in [5.41, 5.74) is 1.48. The third kappa shape index (κ3) is 2.16. The van der Waals surface area contributed by atoms with Crippen molar-refractivity contribution in [3.05, 3.63) is 30.0 Å². The standard InChI is InChI=1S/C13H17N3O/c1-4-9(2)14-13(17)12-10-7-5-6-8-11(10)16(3)15-12/h5-9H,4H2,1-3H3,(H,14,17). The smallest absolute Gasteiger partial charge is 0.272 e. The van der Waals surface area contributed by atoms with Gasteiger partial charge in [0.05, 0.1) is 5.52 Å². The molecule has 0 saturated heterocycles. The summed E-state index contributed by atoms with van der Waals surface area (Å²) >= 11 is 0. The third-order valence-electron chi connectivity index (χ3n) is 2.96. The van der Waals surface area contributed by atoms with Gasteiger partial charge in [-0.15, -0.1) is 0 Å². The first-order chi connectivity index (χ1) is 8.13. The number of nitrogens with zero attached hydrogens (tertiary/aromatic N) is 2. The van der Waals surface area contributed by atoms with Crippen LogP contribution in [-0.4, -0.2) is 21.7 Å². The molecule has 0 bridgehead atoms. The van der Waals surface area contributed by atoms with Gasteiger partial charge in [-0.05, 0) is 19.4 Å². The van der Waals surface area contributed by atoms with E-state index in [-0.39, 0.29) is 11.9 Å². The molecule has 90 valence electrons. The molecule has 0 spiro atoms. The average molecular weight is 231 g/mol. The molecule has 1 heterocycles. The van der Waals surface area contributed by atoms with Gasteiger partial charge in [-0.2, -0.15) is 5.10 Å². The van der Waals surface area contributed by atoms with Crippen molar-refractivity contribution in [2.75, 3.05) is 0 Å². The Morgan fingerprint density at radius 3 is 2.88 bits per heavy atom. The van der Waals surface area contributed by atoms with Gasteiger partial charge in [-0.3, -0.25) is 9.48 Å². The molecule has 0 aliphatic heterocycles. The number of para-hydroxylation sites is 1. The monoisotopic (exact) mass is 231 g/mol. The highest BCUT2D eigenvalue weighted by molar-refractivity contribution is 6.04. The quantitative estimate of drug-likeness (QED) is 0.879. The second kappa shape index (κ2) is 4.57. The SMILES string of the molecule is CCC(C)NC(=O)c1nn(C)c2ccccc12. The Hall–Kier alpha value is -1.84. The zero-order chi connectivity index (χ0) is 12.4. The number of hydrogen-bond donors (Lipinski definition) is 1. The summed E-state index contributed by atoms with van der Waals surface area (Å²) in [5.74, 6) is -0.101. The number of fused-ring (bicyclic) bond motifs is 1. The Bertz CT molecular complexity index is 545. The van der Waals surface area contributed by atoms with Crippen LogP contribution in [0.1, 0.15) is 30.8 Å². The summed E-state index contributed by atoms with van der Waals surface area (Å²) in [7, 11) is 1.85. The van der Waals surface area contributed by atoms with Gasteiger partial charge in [-0.25, -0.2) is 0 Å². The molecule has 4 nitrogen and oxygen atoms in total. The fourth-order valence-corrected chi connectivity index (χ4v) is 1.78. The van der Waals surface area contributed by atoms with E-state index < -0.39 is 0 Å². The number of hydrogen-bond acceptors (Lipinski definition) is 2. The van der Waals surface area contributed by atoms with Crippen LogP contribution in [0, 0.1) is 0 Å². The molecule has 4 heteroatoms. The van der Waals surface area contributed by atoms with Crippen molar-refractivity contribution in [1.82, 2.24) is 15.1 Å². The maximum absolute atomic E-state index is 12.1. The largest absolute Gasteiger partial charge is 0.348 e. The fraction of sp³-hybridized carbons (Fsp3) is 0.385. The topological polar surface area (TPSA) is 46.9 Å². The first-order valence-corrected chi connectivity index (χ1v) is 5.86. The lowest BCUT2D eigenvalue weighted by molar-refractivity contribution is 0.0935. The minimum absolute atomic E-state index is 0.101. The third-order valence-corrected chi connectivity index (χ3v) is 2.96. The van der Waals surface area contributed by atoms with Crippen molar-refractivity contribution in [1.29, 1.82) is 0 Å². The fourth-order valence-electron chi connectivity index (χ4n) is 1.78. The van der Waals surface area contributed by atoms with Crippen LogP contribution in [0.25, 0.3) is 10.9 Å². The minimum Gasteiger partial charge on any atom is -0.348 e. The highest BCUT2D eigenvalue weighted by atomic mass is 16.2. The molecule has 1 atom stereocenters. The van der Waals surface area contributed by atoms with Crippen molar-refractivity contribution >= 4 is 16.8 Å². The van der Waals surface area contributed by atoms with Crippen molar-refractivity contribution < 1.29 is 4.79 Å². The maximum Gasteiger partial charge on any atom is 0.272 e. The normalized spacial score (nSPS) is 12.6. The summed E-state index contributed by atoms with van der Waals surface area (Å²) in [6.45, 7) is 4.03. The predicted octanol–water partition coefficient (Wildman–Crippen LogP) is 2.10. The van der Waals surface area contributed by atoms with Crippen molar-refractivity contribution in [3.8, 4) is 0 Å². The number of carbonyl (C=O) groups is 1.